The van der Waals surface area contributed by atoms with E-state index in [0.717, 1.165) is 19.5 Å². The van der Waals surface area contributed by atoms with Crippen molar-refractivity contribution in [2.75, 3.05) is 0 Å². The van der Waals surface area contributed by atoms with Crippen LogP contribution >= 0.6 is 0 Å². The summed E-state index contributed by atoms with van der Waals surface area (Å²) in [5, 5.41) is 0. The number of hydrogen-bond donors (Lipinski definition) is 0. The number of unbranched alkanes of at least 4 members (excludes halogenated alkanes) is 3. The Balaban J connectivity index is 2.07. The minimum absolute atomic E-state index is 1.02. The van der Waals surface area contributed by atoms with E-state index in [1.807, 2.05) is 0 Å². The number of imidazole rings is 1. The van der Waals surface area contributed by atoms with Crippen molar-refractivity contribution in [1.29, 1.82) is 0 Å². The molecule has 2 aromatic rings. The van der Waals surface area contributed by atoms with Crippen LogP contribution in [0.3, 0.4) is 0 Å². The molecule has 0 fully saturated rings. The maximum Gasteiger partial charge on any atom is 0.260 e. The summed E-state index contributed by atoms with van der Waals surface area (Å²) in [7, 11) is 0. The summed E-state index contributed by atoms with van der Waals surface area (Å²) in [6.45, 7) is 6.68. The number of aromatic nitrogens is 2. The van der Waals surface area contributed by atoms with E-state index in [0.29, 0.717) is 0 Å². The monoisotopic (exact) mass is 271 g/mol. The Bertz CT molecular complexity index is 499. The van der Waals surface area contributed by atoms with Crippen molar-refractivity contribution in [3.63, 3.8) is 0 Å². The van der Waals surface area contributed by atoms with Gasteiger partial charge in [0.25, 0.3) is 5.82 Å². The van der Waals surface area contributed by atoms with Gasteiger partial charge in [-0.3, -0.25) is 0 Å². The van der Waals surface area contributed by atoms with Crippen LogP contribution in [0, 0.1) is 0 Å². The molecule has 0 saturated carbocycles. The fraction of sp³-hybridized carbons (Fsp3) is 0.500. The van der Waals surface area contributed by atoms with Crippen LogP contribution in [0.2, 0.25) is 0 Å². The van der Waals surface area contributed by atoms with E-state index in [-0.39, 0.29) is 0 Å². The van der Waals surface area contributed by atoms with E-state index in [2.05, 4.69) is 65.7 Å². The van der Waals surface area contributed by atoms with Gasteiger partial charge in [0.2, 0.25) is 0 Å². The first-order valence-corrected chi connectivity index (χ1v) is 7.96. The summed E-state index contributed by atoms with van der Waals surface area (Å²) >= 11 is 0. The van der Waals surface area contributed by atoms with E-state index in [9.17, 15) is 0 Å². The zero-order chi connectivity index (χ0) is 14.2. The van der Waals surface area contributed by atoms with Gasteiger partial charge in [-0.15, -0.1) is 0 Å². The first-order valence-electron chi connectivity index (χ1n) is 7.96. The molecule has 0 saturated heterocycles. The van der Waals surface area contributed by atoms with E-state index >= 15 is 0 Å². The van der Waals surface area contributed by atoms with Crippen molar-refractivity contribution in [3.05, 3.63) is 54.1 Å². The molecule has 0 aliphatic heterocycles. The summed E-state index contributed by atoms with van der Waals surface area (Å²) in [5.41, 5.74) is 1.39. The lowest BCUT2D eigenvalue weighted by atomic mass is 10.1. The zero-order valence-electron chi connectivity index (χ0n) is 12.9. The van der Waals surface area contributed by atoms with Crippen LogP contribution in [0.5, 0.6) is 0 Å². The van der Waals surface area contributed by atoms with Gasteiger partial charge in [0.05, 0.1) is 19.5 Å². The topological polar surface area (TPSA) is 8.81 Å². The molecule has 1 aromatic carbocycles. The SMILES string of the molecule is CCCCCC[n+]1ccn(CC)c1Cc1ccccc1. The average molecular weight is 271 g/mol. The summed E-state index contributed by atoms with van der Waals surface area (Å²) in [6.07, 6.45) is 10.8. The fourth-order valence-electron chi connectivity index (χ4n) is 2.68. The maximum absolute atomic E-state index is 2.44. The molecular formula is C18H27N2+. The Morgan fingerprint density at radius 2 is 1.80 bits per heavy atom. The second-order valence-corrected chi connectivity index (χ2v) is 5.42. The van der Waals surface area contributed by atoms with E-state index in [1.165, 1.54) is 37.1 Å². The largest absolute Gasteiger partial charge is 0.260 e. The quantitative estimate of drug-likeness (QED) is 0.507. The summed E-state index contributed by atoms with van der Waals surface area (Å²) < 4.78 is 4.80. The molecule has 1 aromatic heterocycles. The van der Waals surface area contributed by atoms with Crippen molar-refractivity contribution in [1.82, 2.24) is 4.57 Å². The summed E-state index contributed by atoms with van der Waals surface area (Å²) in [4.78, 5) is 0. The standard InChI is InChI=1S/C18H27N2/c1-3-5-6-10-13-20-15-14-19(4-2)18(20)16-17-11-8-7-9-12-17/h7-9,11-12,14-15H,3-6,10,13,16H2,1-2H3/q+1. The number of benzene rings is 1. The lowest BCUT2D eigenvalue weighted by molar-refractivity contribution is -0.703. The molecule has 0 aliphatic carbocycles. The Hall–Kier alpha value is -1.57. The predicted molar refractivity (Wildman–Crippen MR) is 83.7 cm³/mol. The lowest BCUT2D eigenvalue weighted by Crippen LogP contribution is -2.37. The van der Waals surface area contributed by atoms with Crippen LogP contribution in [0.25, 0.3) is 0 Å². The normalized spacial score (nSPS) is 10.9. The Morgan fingerprint density at radius 3 is 2.50 bits per heavy atom. The highest BCUT2D eigenvalue weighted by Gasteiger charge is 2.16. The van der Waals surface area contributed by atoms with Crippen molar-refractivity contribution in [3.8, 4) is 0 Å². The van der Waals surface area contributed by atoms with Gasteiger partial charge in [0, 0.05) is 0 Å². The third-order valence-electron chi connectivity index (χ3n) is 3.89. The molecule has 0 bridgehead atoms. The van der Waals surface area contributed by atoms with Gasteiger partial charge in [-0.2, -0.15) is 0 Å². The van der Waals surface area contributed by atoms with Gasteiger partial charge in [-0.25, -0.2) is 9.13 Å². The van der Waals surface area contributed by atoms with Crippen molar-refractivity contribution in [2.24, 2.45) is 0 Å². The van der Waals surface area contributed by atoms with E-state index in [1.54, 1.807) is 0 Å². The smallest absolute Gasteiger partial charge is 0.234 e. The molecular weight excluding hydrogens is 244 g/mol. The molecule has 2 nitrogen and oxygen atoms in total. The molecule has 0 unspecified atom stereocenters. The minimum Gasteiger partial charge on any atom is -0.234 e. The van der Waals surface area contributed by atoms with Crippen LogP contribution in [0.15, 0.2) is 42.7 Å². The number of rotatable bonds is 8. The number of aryl methyl sites for hydroxylation is 2. The van der Waals surface area contributed by atoms with E-state index < -0.39 is 0 Å². The van der Waals surface area contributed by atoms with Crippen LogP contribution in [0.1, 0.15) is 50.9 Å². The minimum atomic E-state index is 1.02. The van der Waals surface area contributed by atoms with Crippen LogP contribution in [-0.2, 0) is 19.5 Å². The molecule has 20 heavy (non-hydrogen) atoms. The molecule has 108 valence electrons. The summed E-state index contributed by atoms with van der Waals surface area (Å²) in [6, 6.07) is 10.8. The molecule has 2 rings (SSSR count). The zero-order valence-corrected chi connectivity index (χ0v) is 12.9. The molecule has 1 heterocycles. The summed E-state index contributed by atoms with van der Waals surface area (Å²) in [5.74, 6) is 1.43. The molecule has 0 spiro atoms. The highest BCUT2D eigenvalue weighted by molar-refractivity contribution is 5.18. The Labute approximate surface area is 123 Å². The van der Waals surface area contributed by atoms with Crippen LogP contribution in [0.4, 0.5) is 0 Å². The lowest BCUT2D eigenvalue weighted by Gasteiger charge is -2.05. The van der Waals surface area contributed by atoms with Crippen LogP contribution < -0.4 is 4.57 Å². The van der Waals surface area contributed by atoms with Gasteiger partial charge in [0.1, 0.15) is 12.4 Å². The average Bonchev–Trinajstić information content (AvgIpc) is 2.87. The second-order valence-electron chi connectivity index (χ2n) is 5.42. The van der Waals surface area contributed by atoms with Gasteiger partial charge >= 0.3 is 0 Å². The molecule has 2 heteroatoms. The fourth-order valence-corrected chi connectivity index (χ4v) is 2.68. The highest BCUT2D eigenvalue weighted by atomic mass is 15.1. The first-order chi connectivity index (χ1) is 9.85. The third kappa shape index (κ3) is 3.96. The highest BCUT2D eigenvalue weighted by Crippen LogP contribution is 2.08. The molecule has 0 N–H and O–H groups in total. The first kappa shape index (κ1) is 14.8. The number of nitrogens with zero attached hydrogens (tertiary/aromatic N) is 2. The van der Waals surface area contributed by atoms with Gasteiger partial charge in [0.15, 0.2) is 0 Å². The molecule has 0 aliphatic rings. The van der Waals surface area contributed by atoms with Crippen molar-refractivity contribution >= 4 is 0 Å². The second kappa shape index (κ2) is 7.88. The van der Waals surface area contributed by atoms with Gasteiger partial charge in [-0.1, -0.05) is 50.1 Å². The maximum atomic E-state index is 2.44. The van der Waals surface area contributed by atoms with E-state index in [4.69, 9.17) is 0 Å². The van der Waals surface area contributed by atoms with Crippen molar-refractivity contribution < 1.29 is 4.57 Å². The third-order valence-corrected chi connectivity index (χ3v) is 3.89. The number of hydrogen-bond acceptors (Lipinski definition) is 0. The van der Waals surface area contributed by atoms with Gasteiger partial charge < -0.3 is 0 Å². The Kier molecular flexibility index (Phi) is 5.85. The van der Waals surface area contributed by atoms with Crippen LogP contribution in [-0.4, -0.2) is 4.57 Å². The van der Waals surface area contributed by atoms with Gasteiger partial charge in [-0.05, 0) is 25.3 Å². The van der Waals surface area contributed by atoms with Crippen molar-refractivity contribution in [2.45, 2.75) is 59.0 Å². The predicted octanol–water partition coefficient (Wildman–Crippen LogP) is 3.97. The molecule has 0 amide bonds. The molecule has 0 radical (unpaired) electrons. The Morgan fingerprint density at radius 1 is 1.00 bits per heavy atom. The molecule has 0 atom stereocenters.